The fraction of sp³-hybridized carbons (Fsp3) is 0.889. The van der Waals surface area contributed by atoms with E-state index in [1.54, 1.807) is 6.92 Å². The molecule has 0 aromatic rings. The van der Waals surface area contributed by atoms with Crippen LogP contribution < -0.4 is 0 Å². The van der Waals surface area contributed by atoms with E-state index in [0.717, 1.165) is 6.54 Å². The van der Waals surface area contributed by atoms with Crippen molar-refractivity contribution in [3.8, 4) is 6.07 Å². The Hall–Kier alpha value is -0.600. The molecule has 0 aromatic heterocycles. The monoisotopic (exact) mass is 218 g/mol. The molecule has 0 N–H and O–H groups in total. The lowest BCUT2D eigenvalue weighted by molar-refractivity contribution is 0.312. The summed E-state index contributed by atoms with van der Waals surface area (Å²) in [6, 6.07) is 2.05. The van der Waals surface area contributed by atoms with Crippen LogP contribution in [0.3, 0.4) is 0 Å². The highest BCUT2D eigenvalue weighted by Gasteiger charge is 2.10. The van der Waals surface area contributed by atoms with Crippen LogP contribution >= 0.6 is 0 Å². The van der Waals surface area contributed by atoms with Gasteiger partial charge in [-0.1, -0.05) is 13.8 Å². The molecule has 0 aliphatic carbocycles. The maximum Gasteiger partial charge on any atom is 0.151 e. The summed E-state index contributed by atoms with van der Waals surface area (Å²) in [7, 11) is -2.87. The van der Waals surface area contributed by atoms with Crippen molar-refractivity contribution >= 4 is 9.84 Å². The third kappa shape index (κ3) is 5.95. The number of sulfone groups is 1. The van der Waals surface area contributed by atoms with Crippen LogP contribution in [0.2, 0.25) is 0 Å². The van der Waals surface area contributed by atoms with Crippen molar-refractivity contribution in [2.24, 2.45) is 0 Å². The highest BCUT2D eigenvalue weighted by molar-refractivity contribution is 7.91. The van der Waals surface area contributed by atoms with Crippen LogP contribution in [0, 0.1) is 11.3 Å². The summed E-state index contributed by atoms with van der Waals surface area (Å²) in [4.78, 5) is 1.98. The number of nitriles is 1. The summed E-state index contributed by atoms with van der Waals surface area (Å²) in [5.74, 6) is 0.394. The lowest BCUT2D eigenvalue weighted by Crippen LogP contribution is -2.30. The van der Waals surface area contributed by atoms with Gasteiger partial charge in [-0.15, -0.1) is 0 Å². The zero-order valence-electron chi connectivity index (χ0n) is 8.86. The summed E-state index contributed by atoms with van der Waals surface area (Å²) >= 11 is 0. The van der Waals surface area contributed by atoms with Crippen LogP contribution in [-0.4, -0.2) is 44.5 Å². The molecule has 0 fully saturated rings. The molecule has 0 aliphatic heterocycles. The van der Waals surface area contributed by atoms with Crippen molar-refractivity contribution in [3.05, 3.63) is 0 Å². The maximum absolute atomic E-state index is 11.2. The van der Waals surface area contributed by atoms with Gasteiger partial charge in [-0.05, 0) is 6.54 Å². The molecule has 0 unspecified atom stereocenters. The van der Waals surface area contributed by atoms with E-state index in [1.165, 1.54) is 0 Å². The summed E-state index contributed by atoms with van der Waals surface area (Å²) in [6.45, 7) is 5.61. The maximum atomic E-state index is 11.2. The number of hydrogen-bond acceptors (Lipinski definition) is 4. The molecule has 82 valence electrons. The van der Waals surface area contributed by atoms with Crippen molar-refractivity contribution in [2.45, 2.75) is 20.3 Å². The third-order valence-electron chi connectivity index (χ3n) is 2.15. The van der Waals surface area contributed by atoms with E-state index in [1.807, 2.05) is 11.8 Å². The van der Waals surface area contributed by atoms with Crippen molar-refractivity contribution in [1.82, 2.24) is 4.90 Å². The van der Waals surface area contributed by atoms with Crippen LogP contribution in [0.4, 0.5) is 0 Å². The fourth-order valence-corrected chi connectivity index (χ4v) is 1.87. The molecule has 14 heavy (non-hydrogen) atoms. The highest BCUT2D eigenvalue weighted by Crippen LogP contribution is 1.95. The molecule has 0 radical (unpaired) electrons. The van der Waals surface area contributed by atoms with E-state index in [0.29, 0.717) is 19.5 Å². The van der Waals surface area contributed by atoms with Crippen molar-refractivity contribution in [1.29, 1.82) is 5.26 Å². The first kappa shape index (κ1) is 13.4. The van der Waals surface area contributed by atoms with Gasteiger partial charge in [-0.3, -0.25) is 0 Å². The highest BCUT2D eigenvalue weighted by atomic mass is 32.2. The Bertz CT molecular complexity index is 280. The first-order valence-electron chi connectivity index (χ1n) is 4.85. The number of nitrogens with zero attached hydrogens (tertiary/aromatic N) is 2. The molecule has 5 heteroatoms. The minimum Gasteiger partial charge on any atom is -0.302 e. The second-order valence-electron chi connectivity index (χ2n) is 3.08. The summed E-state index contributed by atoms with van der Waals surface area (Å²) in [5.41, 5.74) is 0. The summed E-state index contributed by atoms with van der Waals surface area (Å²) in [5, 5.41) is 8.39. The first-order valence-corrected chi connectivity index (χ1v) is 6.67. The van der Waals surface area contributed by atoms with E-state index < -0.39 is 9.84 Å². The minimum atomic E-state index is -2.87. The Morgan fingerprint density at radius 1 is 1.29 bits per heavy atom. The van der Waals surface area contributed by atoms with Crippen molar-refractivity contribution < 1.29 is 8.42 Å². The van der Waals surface area contributed by atoms with Crippen LogP contribution in [0.1, 0.15) is 20.3 Å². The quantitative estimate of drug-likeness (QED) is 0.629. The standard InChI is InChI=1S/C9H18N2O2S/c1-3-11(7-5-6-10)8-9-14(12,13)4-2/h3-5,7-9H2,1-2H3. The van der Waals surface area contributed by atoms with Gasteiger partial charge in [-0.25, -0.2) is 8.42 Å². The van der Waals surface area contributed by atoms with Crippen molar-refractivity contribution in [2.75, 3.05) is 31.1 Å². The molecule has 0 heterocycles. The topological polar surface area (TPSA) is 61.2 Å². The normalized spacial score (nSPS) is 11.6. The second kappa shape index (κ2) is 6.80. The second-order valence-corrected chi connectivity index (χ2v) is 5.55. The average Bonchev–Trinajstić information content (AvgIpc) is 2.18. The molecular weight excluding hydrogens is 200 g/mol. The smallest absolute Gasteiger partial charge is 0.151 e. The Morgan fingerprint density at radius 3 is 2.36 bits per heavy atom. The largest absolute Gasteiger partial charge is 0.302 e. The predicted octanol–water partition coefficient (Wildman–Crippen LogP) is 0.657. The zero-order chi connectivity index (χ0) is 11.0. The molecule has 0 bridgehead atoms. The van der Waals surface area contributed by atoms with Gasteiger partial charge in [0.05, 0.1) is 11.8 Å². The number of hydrogen-bond donors (Lipinski definition) is 0. The molecule has 0 aromatic carbocycles. The zero-order valence-corrected chi connectivity index (χ0v) is 9.68. The molecule has 0 aliphatic rings. The van der Waals surface area contributed by atoms with Crippen LogP contribution in [-0.2, 0) is 9.84 Å². The van der Waals surface area contributed by atoms with Gasteiger partial charge in [0.2, 0.25) is 0 Å². The Morgan fingerprint density at radius 2 is 1.93 bits per heavy atom. The van der Waals surface area contributed by atoms with Gasteiger partial charge in [0.25, 0.3) is 0 Å². The van der Waals surface area contributed by atoms with E-state index in [9.17, 15) is 8.42 Å². The first-order chi connectivity index (χ1) is 6.55. The molecule has 0 rings (SSSR count). The molecule has 0 atom stereocenters. The lowest BCUT2D eigenvalue weighted by atomic mass is 10.4. The van der Waals surface area contributed by atoms with E-state index in [4.69, 9.17) is 5.26 Å². The Kier molecular flexibility index (Phi) is 6.50. The Labute approximate surface area is 86.4 Å². The summed E-state index contributed by atoms with van der Waals surface area (Å²) < 4.78 is 22.4. The Balaban J connectivity index is 3.91. The van der Waals surface area contributed by atoms with E-state index >= 15 is 0 Å². The van der Waals surface area contributed by atoms with Gasteiger partial charge in [0, 0.05) is 25.3 Å². The van der Waals surface area contributed by atoms with Gasteiger partial charge in [0.15, 0.2) is 9.84 Å². The van der Waals surface area contributed by atoms with Crippen LogP contribution in [0.5, 0.6) is 0 Å². The van der Waals surface area contributed by atoms with Crippen LogP contribution in [0.15, 0.2) is 0 Å². The molecule has 0 spiro atoms. The molecular formula is C9H18N2O2S. The minimum absolute atomic E-state index is 0.197. The van der Waals surface area contributed by atoms with Gasteiger partial charge in [0.1, 0.15) is 0 Å². The van der Waals surface area contributed by atoms with E-state index in [-0.39, 0.29) is 11.5 Å². The van der Waals surface area contributed by atoms with Gasteiger partial charge < -0.3 is 4.90 Å². The predicted molar refractivity (Wildman–Crippen MR) is 56.7 cm³/mol. The fourth-order valence-electron chi connectivity index (χ4n) is 1.05. The number of rotatable bonds is 7. The van der Waals surface area contributed by atoms with Gasteiger partial charge in [-0.2, -0.15) is 5.26 Å². The SMILES string of the molecule is CCN(CCC#N)CCS(=O)(=O)CC. The molecule has 0 amide bonds. The third-order valence-corrected chi connectivity index (χ3v) is 3.83. The average molecular weight is 218 g/mol. The molecule has 4 nitrogen and oxygen atoms in total. The lowest BCUT2D eigenvalue weighted by Gasteiger charge is -2.18. The summed E-state index contributed by atoms with van der Waals surface area (Å²) in [6.07, 6.45) is 0.458. The molecule has 0 saturated heterocycles. The van der Waals surface area contributed by atoms with Gasteiger partial charge >= 0.3 is 0 Å². The van der Waals surface area contributed by atoms with Crippen LogP contribution in [0.25, 0.3) is 0 Å². The van der Waals surface area contributed by atoms with E-state index in [2.05, 4.69) is 6.07 Å². The van der Waals surface area contributed by atoms with Crippen molar-refractivity contribution in [3.63, 3.8) is 0 Å². The molecule has 0 saturated carbocycles.